The summed E-state index contributed by atoms with van der Waals surface area (Å²) in [6.45, 7) is 9.19. The third kappa shape index (κ3) is 7.24. The molecule has 0 saturated heterocycles. The van der Waals surface area contributed by atoms with Crippen LogP contribution < -0.4 is 10.1 Å². The van der Waals surface area contributed by atoms with Crippen molar-refractivity contribution in [2.75, 3.05) is 39.3 Å². The van der Waals surface area contributed by atoms with Gasteiger partial charge in [0.05, 0.1) is 0 Å². The first-order valence-electron chi connectivity index (χ1n) is 7.15. The summed E-state index contributed by atoms with van der Waals surface area (Å²) in [5.74, 6) is 0.774. The van der Waals surface area contributed by atoms with Crippen LogP contribution in [0.3, 0.4) is 0 Å². The minimum atomic E-state index is -0.490. The Balaban J connectivity index is 2.11. The van der Waals surface area contributed by atoms with Crippen LogP contribution in [0, 0.1) is 0 Å². The summed E-state index contributed by atoms with van der Waals surface area (Å²) in [7, 11) is 0. The maximum Gasteiger partial charge on any atom is 0.119 e. The van der Waals surface area contributed by atoms with E-state index in [1.165, 1.54) is 0 Å². The average molecular weight is 345 g/mol. The highest BCUT2D eigenvalue weighted by Gasteiger charge is 2.05. The van der Waals surface area contributed by atoms with Crippen LogP contribution in [0.2, 0.25) is 0 Å². The summed E-state index contributed by atoms with van der Waals surface area (Å²) >= 11 is 3.37. The number of hydrogen-bond donors (Lipinski definition) is 2. The minimum absolute atomic E-state index is 0.305. The predicted octanol–water partition coefficient (Wildman–Crippen LogP) is 2.12. The molecule has 0 spiro atoms. The molecule has 20 heavy (non-hydrogen) atoms. The zero-order valence-electron chi connectivity index (χ0n) is 12.3. The van der Waals surface area contributed by atoms with Gasteiger partial charge in [-0.3, -0.25) is 0 Å². The second-order valence-corrected chi connectivity index (χ2v) is 5.57. The smallest absolute Gasteiger partial charge is 0.119 e. The zero-order valence-corrected chi connectivity index (χ0v) is 13.9. The molecule has 1 rings (SSSR count). The summed E-state index contributed by atoms with van der Waals surface area (Å²) in [6.07, 6.45) is -0.490. The third-order valence-corrected chi connectivity index (χ3v) is 3.66. The van der Waals surface area contributed by atoms with Gasteiger partial charge >= 0.3 is 0 Å². The second kappa shape index (κ2) is 10.2. The fourth-order valence-corrected chi connectivity index (χ4v) is 2.09. The Morgan fingerprint density at radius 2 is 1.90 bits per heavy atom. The Bertz CT molecular complexity index is 355. The van der Waals surface area contributed by atoms with E-state index in [4.69, 9.17) is 4.74 Å². The Morgan fingerprint density at radius 3 is 2.50 bits per heavy atom. The molecule has 1 atom stereocenters. The van der Waals surface area contributed by atoms with Gasteiger partial charge in [0.15, 0.2) is 0 Å². The van der Waals surface area contributed by atoms with Crippen molar-refractivity contribution in [3.05, 3.63) is 28.7 Å². The van der Waals surface area contributed by atoms with Crippen molar-refractivity contribution in [1.82, 2.24) is 10.2 Å². The highest BCUT2D eigenvalue weighted by Crippen LogP contribution is 2.16. The Labute approximate surface area is 130 Å². The molecule has 0 aliphatic carbocycles. The van der Waals surface area contributed by atoms with Crippen LogP contribution in [0.25, 0.3) is 0 Å². The first-order valence-corrected chi connectivity index (χ1v) is 7.94. The number of aliphatic hydroxyl groups excluding tert-OH is 1. The van der Waals surface area contributed by atoms with Crippen molar-refractivity contribution in [3.8, 4) is 5.75 Å². The van der Waals surface area contributed by atoms with Gasteiger partial charge in [0.25, 0.3) is 0 Å². The molecule has 0 bridgehead atoms. The zero-order chi connectivity index (χ0) is 14.8. The number of halogens is 1. The van der Waals surface area contributed by atoms with Crippen LogP contribution in [0.4, 0.5) is 0 Å². The Hall–Kier alpha value is -0.620. The van der Waals surface area contributed by atoms with Gasteiger partial charge < -0.3 is 20.1 Å². The van der Waals surface area contributed by atoms with Gasteiger partial charge in [-0.1, -0.05) is 29.8 Å². The van der Waals surface area contributed by atoms with E-state index >= 15 is 0 Å². The van der Waals surface area contributed by atoms with Crippen LogP contribution in [-0.2, 0) is 0 Å². The summed E-state index contributed by atoms with van der Waals surface area (Å²) in [6, 6.07) is 7.60. The average Bonchev–Trinajstić information content (AvgIpc) is 2.47. The van der Waals surface area contributed by atoms with Crippen LogP contribution in [0.5, 0.6) is 5.75 Å². The Kier molecular flexibility index (Phi) is 8.85. The summed E-state index contributed by atoms with van der Waals surface area (Å²) in [4.78, 5) is 2.34. The monoisotopic (exact) mass is 344 g/mol. The lowest BCUT2D eigenvalue weighted by atomic mass is 10.3. The lowest BCUT2D eigenvalue weighted by Crippen LogP contribution is -2.37. The van der Waals surface area contributed by atoms with E-state index in [0.29, 0.717) is 13.2 Å². The SMILES string of the molecule is CCN(CC)CCNCC(O)COc1ccc(Br)cc1. The van der Waals surface area contributed by atoms with Crippen molar-refractivity contribution in [1.29, 1.82) is 0 Å². The van der Waals surface area contributed by atoms with Gasteiger partial charge in [-0.2, -0.15) is 0 Å². The molecule has 114 valence electrons. The van der Waals surface area contributed by atoms with Gasteiger partial charge in [-0.15, -0.1) is 0 Å². The Morgan fingerprint density at radius 1 is 1.25 bits per heavy atom. The summed E-state index contributed by atoms with van der Waals surface area (Å²) in [5, 5.41) is 13.1. The largest absolute Gasteiger partial charge is 0.491 e. The topological polar surface area (TPSA) is 44.7 Å². The van der Waals surface area contributed by atoms with Crippen LogP contribution in [0.15, 0.2) is 28.7 Å². The molecule has 0 heterocycles. The molecule has 0 radical (unpaired) electrons. The first kappa shape index (κ1) is 17.4. The van der Waals surface area contributed by atoms with Crippen LogP contribution in [-0.4, -0.2) is 55.4 Å². The van der Waals surface area contributed by atoms with Crippen molar-refractivity contribution in [3.63, 3.8) is 0 Å². The lowest BCUT2D eigenvalue weighted by molar-refractivity contribution is 0.106. The summed E-state index contributed by atoms with van der Waals surface area (Å²) < 4.78 is 6.54. The maximum absolute atomic E-state index is 9.83. The van der Waals surface area contributed by atoms with Crippen LogP contribution >= 0.6 is 15.9 Å². The number of hydrogen-bond acceptors (Lipinski definition) is 4. The second-order valence-electron chi connectivity index (χ2n) is 4.65. The molecule has 1 unspecified atom stereocenters. The van der Waals surface area contributed by atoms with E-state index in [1.807, 2.05) is 24.3 Å². The van der Waals surface area contributed by atoms with E-state index in [-0.39, 0.29) is 0 Å². The van der Waals surface area contributed by atoms with Gasteiger partial charge in [0, 0.05) is 24.1 Å². The molecule has 1 aromatic rings. The first-order chi connectivity index (χ1) is 9.65. The number of ether oxygens (including phenoxy) is 1. The molecule has 4 nitrogen and oxygen atoms in total. The van der Waals surface area contributed by atoms with E-state index in [0.717, 1.165) is 36.4 Å². The molecule has 0 aromatic heterocycles. The van der Waals surface area contributed by atoms with E-state index in [9.17, 15) is 5.11 Å². The molecule has 2 N–H and O–H groups in total. The lowest BCUT2D eigenvalue weighted by Gasteiger charge is -2.19. The molecule has 0 fully saturated rings. The standard InChI is InChI=1S/C15H25BrN2O2/c1-3-18(4-2)10-9-17-11-14(19)12-20-15-7-5-13(16)6-8-15/h5-8,14,17,19H,3-4,9-12H2,1-2H3. The molecule has 1 aromatic carbocycles. The molecular weight excluding hydrogens is 320 g/mol. The molecule has 0 saturated carbocycles. The molecule has 0 amide bonds. The third-order valence-electron chi connectivity index (χ3n) is 3.14. The van der Waals surface area contributed by atoms with Gasteiger partial charge in [-0.25, -0.2) is 0 Å². The van der Waals surface area contributed by atoms with Gasteiger partial charge in [0.1, 0.15) is 18.5 Å². The normalized spacial score (nSPS) is 12.7. The minimum Gasteiger partial charge on any atom is -0.491 e. The van der Waals surface area contributed by atoms with Crippen molar-refractivity contribution in [2.45, 2.75) is 20.0 Å². The van der Waals surface area contributed by atoms with E-state index in [2.05, 4.69) is 40.0 Å². The van der Waals surface area contributed by atoms with Crippen LogP contribution in [0.1, 0.15) is 13.8 Å². The number of aliphatic hydroxyl groups is 1. The molecule has 0 aliphatic heterocycles. The fourth-order valence-electron chi connectivity index (χ4n) is 1.83. The number of nitrogens with zero attached hydrogens (tertiary/aromatic N) is 1. The maximum atomic E-state index is 9.83. The number of likely N-dealkylation sites (N-methyl/N-ethyl adjacent to an activating group) is 1. The highest BCUT2D eigenvalue weighted by atomic mass is 79.9. The van der Waals surface area contributed by atoms with Gasteiger partial charge in [0.2, 0.25) is 0 Å². The van der Waals surface area contributed by atoms with E-state index < -0.39 is 6.10 Å². The summed E-state index contributed by atoms with van der Waals surface area (Å²) in [5.41, 5.74) is 0. The van der Waals surface area contributed by atoms with Crippen molar-refractivity contribution in [2.24, 2.45) is 0 Å². The number of rotatable bonds is 10. The van der Waals surface area contributed by atoms with Crippen molar-refractivity contribution < 1.29 is 9.84 Å². The molecule has 0 aliphatic rings. The van der Waals surface area contributed by atoms with E-state index in [1.54, 1.807) is 0 Å². The highest BCUT2D eigenvalue weighted by molar-refractivity contribution is 9.10. The van der Waals surface area contributed by atoms with Gasteiger partial charge in [-0.05, 0) is 37.4 Å². The number of benzene rings is 1. The molecular formula is C15H25BrN2O2. The van der Waals surface area contributed by atoms with Crippen molar-refractivity contribution >= 4 is 15.9 Å². The quantitative estimate of drug-likeness (QED) is 0.638. The fraction of sp³-hybridized carbons (Fsp3) is 0.600. The predicted molar refractivity (Wildman–Crippen MR) is 86.3 cm³/mol. The molecule has 5 heteroatoms. The number of nitrogens with one attached hydrogen (secondary N) is 1.